The lowest BCUT2D eigenvalue weighted by Crippen LogP contribution is -2.47. The molecule has 0 spiro atoms. The first-order valence-corrected chi connectivity index (χ1v) is 6.49. The minimum Gasteiger partial charge on any atom is -0.481 e. The summed E-state index contributed by atoms with van der Waals surface area (Å²) in [5.74, 6) is -2.33. The molecular formula is C13H22N2O5. The second-order valence-corrected chi connectivity index (χ2v) is 6.34. The van der Waals surface area contributed by atoms with Gasteiger partial charge in [-0.3, -0.25) is 4.79 Å². The van der Waals surface area contributed by atoms with Crippen LogP contribution in [0.15, 0.2) is 0 Å². The van der Waals surface area contributed by atoms with Crippen LogP contribution in [0.3, 0.4) is 0 Å². The van der Waals surface area contributed by atoms with Crippen LogP contribution in [0.5, 0.6) is 0 Å². The van der Waals surface area contributed by atoms with Crippen LogP contribution in [0.25, 0.3) is 0 Å². The van der Waals surface area contributed by atoms with Gasteiger partial charge in [-0.25, -0.2) is 9.59 Å². The highest BCUT2D eigenvalue weighted by Gasteiger charge is 2.64. The van der Waals surface area contributed by atoms with Crippen molar-refractivity contribution >= 4 is 18.0 Å². The number of nitrogens with one attached hydrogen (secondary N) is 2. The molecule has 0 saturated heterocycles. The summed E-state index contributed by atoms with van der Waals surface area (Å²) in [6, 6.07) is -2.08. The monoisotopic (exact) mass is 286 g/mol. The minimum absolute atomic E-state index is 0.119. The third kappa shape index (κ3) is 3.20. The molecule has 0 aliphatic heterocycles. The highest BCUT2D eigenvalue weighted by molar-refractivity contribution is 5.86. The fourth-order valence-corrected chi connectivity index (χ4v) is 2.62. The standard InChI is InChI=1S/C13H22N2O5/c1-12(2)8(13(12,3)4)6-14-11(20)15-7(10(18)19)5-9(16)17/h7-8H,5-6H2,1-4H3,(H,16,17)(H,18,19)(H2,14,15,20)/t7-/m1/s1. The third-order valence-electron chi connectivity index (χ3n) is 4.77. The molecule has 114 valence electrons. The minimum atomic E-state index is -1.42. The van der Waals surface area contributed by atoms with Crippen molar-refractivity contribution in [3.8, 4) is 0 Å². The van der Waals surface area contributed by atoms with Gasteiger partial charge in [-0.15, -0.1) is 0 Å². The summed E-state index contributed by atoms with van der Waals surface area (Å²) in [5, 5.41) is 22.2. The highest BCUT2D eigenvalue weighted by Crippen LogP contribution is 2.67. The van der Waals surface area contributed by atoms with Crippen molar-refractivity contribution in [2.24, 2.45) is 16.7 Å². The zero-order valence-corrected chi connectivity index (χ0v) is 12.2. The summed E-state index contributed by atoms with van der Waals surface area (Å²) >= 11 is 0. The molecule has 20 heavy (non-hydrogen) atoms. The predicted octanol–water partition coefficient (Wildman–Crippen LogP) is 0.896. The summed E-state index contributed by atoms with van der Waals surface area (Å²) in [5.41, 5.74) is 0.237. The fraction of sp³-hybridized carbons (Fsp3) is 0.769. The van der Waals surface area contributed by atoms with Gasteiger partial charge in [0.05, 0.1) is 6.42 Å². The molecule has 0 heterocycles. The molecule has 0 unspecified atom stereocenters. The van der Waals surface area contributed by atoms with Gasteiger partial charge < -0.3 is 20.8 Å². The van der Waals surface area contributed by atoms with Crippen LogP contribution in [0, 0.1) is 16.7 Å². The quantitative estimate of drug-likeness (QED) is 0.579. The second kappa shape index (κ2) is 5.30. The fourth-order valence-electron chi connectivity index (χ4n) is 2.62. The van der Waals surface area contributed by atoms with Crippen LogP contribution >= 0.6 is 0 Å². The van der Waals surface area contributed by atoms with Crippen LogP contribution in [-0.4, -0.2) is 40.8 Å². The lowest BCUT2D eigenvalue weighted by atomic mass is 10.0. The molecule has 1 saturated carbocycles. The van der Waals surface area contributed by atoms with E-state index in [1.807, 2.05) is 0 Å². The molecule has 1 aliphatic carbocycles. The van der Waals surface area contributed by atoms with Crippen LogP contribution in [0.2, 0.25) is 0 Å². The molecule has 0 radical (unpaired) electrons. The number of hydrogen-bond acceptors (Lipinski definition) is 3. The Hall–Kier alpha value is -1.79. The maximum absolute atomic E-state index is 11.6. The second-order valence-electron chi connectivity index (χ2n) is 6.34. The number of carbonyl (C=O) groups is 3. The maximum atomic E-state index is 11.6. The zero-order valence-electron chi connectivity index (χ0n) is 12.2. The Morgan fingerprint density at radius 2 is 1.60 bits per heavy atom. The van der Waals surface area contributed by atoms with Gasteiger partial charge in [0.2, 0.25) is 0 Å². The molecule has 1 aliphatic rings. The van der Waals surface area contributed by atoms with Gasteiger partial charge >= 0.3 is 18.0 Å². The van der Waals surface area contributed by atoms with Crippen LogP contribution < -0.4 is 10.6 Å². The van der Waals surface area contributed by atoms with E-state index < -0.39 is 30.4 Å². The normalized spacial score (nSPS) is 20.8. The van der Waals surface area contributed by atoms with Crippen LogP contribution in [-0.2, 0) is 9.59 Å². The van der Waals surface area contributed by atoms with E-state index in [1.165, 1.54) is 0 Å². The molecule has 1 fully saturated rings. The van der Waals surface area contributed by atoms with Gasteiger partial charge in [0.25, 0.3) is 0 Å². The molecule has 0 aromatic carbocycles. The Morgan fingerprint density at radius 3 is 1.95 bits per heavy atom. The zero-order chi connectivity index (χ0) is 15.7. The van der Waals surface area contributed by atoms with Gasteiger partial charge in [-0.05, 0) is 16.7 Å². The van der Waals surface area contributed by atoms with E-state index in [9.17, 15) is 14.4 Å². The van der Waals surface area contributed by atoms with E-state index in [4.69, 9.17) is 10.2 Å². The molecule has 0 bridgehead atoms. The van der Waals surface area contributed by atoms with E-state index in [2.05, 4.69) is 38.3 Å². The average Bonchev–Trinajstić information content (AvgIpc) is 2.65. The van der Waals surface area contributed by atoms with Crippen molar-refractivity contribution < 1.29 is 24.6 Å². The number of carboxylic acids is 2. The number of aliphatic carboxylic acids is 2. The summed E-state index contributed by atoms with van der Waals surface area (Å²) in [7, 11) is 0. The molecular weight excluding hydrogens is 264 g/mol. The number of carboxylic acid groups (broad SMARTS) is 2. The van der Waals surface area contributed by atoms with E-state index >= 15 is 0 Å². The van der Waals surface area contributed by atoms with Gasteiger partial charge in [0.1, 0.15) is 6.04 Å². The number of hydrogen-bond donors (Lipinski definition) is 4. The van der Waals surface area contributed by atoms with E-state index in [0.29, 0.717) is 12.5 Å². The highest BCUT2D eigenvalue weighted by atomic mass is 16.4. The van der Waals surface area contributed by atoms with Crippen LogP contribution in [0.1, 0.15) is 34.1 Å². The van der Waals surface area contributed by atoms with Gasteiger partial charge in [-0.2, -0.15) is 0 Å². The molecule has 7 heteroatoms. The van der Waals surface area contributed by atoms with Crippen molar-refractivity contribution in [2.75, 3.05) is 6.54 Å². The Balaban J connectivity index is 2.44. The first-order valence-electron chi connectivity index (χ1n) is 6.49. The molecule has 2 amide bonds. The summed E-state index contributed by atoms with van der Waals surface area (Å²) in [6.45, 7) is 8.89. The number of rotatable bonds is 6. The molecule has 4 N–H and O–H groups in total. The lowest BCUT2D eigenvalue weighted by Gasteiger charge is -2.13. The van der Waals surface area contributed by atoms with Crippen molar-refractivity contribution in [1.29, 1.82) is 0 Å². The molecule has 7 nitrogen and oxygen atoms in total. The Bertz CT molecular complexity index is 416. The Labute approximate surface area is 117 Å². The SMILES string of the molecule is CC1(C)C(CNC(=O)N[C@H](CC(=O)O)C(=O)O)C1(C)C. The van der Waals surface area contributed by atoms with Crippen LogP contribution in [0.4, 0.5) is 4.79 Å². The first kappa shape index (κ1) is 16.3. The summed E-state index contributed by atoms with van der Waals surface area (Å²) < 4.78 is 0. The topological polar surface area (TPSA) is 116 Å². The Morgan fingerprint density at radius 1 is 1.10 bits per heavy atom. The third-order valence-corrected chi connectivity index (χ3v) is 4.77. The maximum Gasteiger partial charge on any atom is 0.326 e. The predicted molar refractivity (Wildman–Crippen MR) is 71.3 cm³/mol. The number of amides is 2. The van der Waals surface area contributed by atoms with Crippen molar-refractivity contribution in [2.45, 2.75) is 40.2 Å². The lowest BCUT2D eigenvalue weighted by molar-refractivity contribution is -0.145. The summed E-state index contributed by atoms with van der Waals surface area (Å²) in [6.07, 6.45) is -0.650. The molecule has 1 rings (SSSR count). The van der Waals surface area contributed by atoms with Gasteiger partial charge in [-0.1, -0.05) is 27.7 Å². The van der Waals surface area contributed by atoms with E-state index in [1.54, 1.807) is 0 Å². The van der Waals surface area contributed by atoms with Gasteiger partial charge in [0.15, 0.2) is 0 Å². The smallest absolute Gasteiger partial charge is 0.326 e. The molecule has 0 aromatic rings. The molecule has 0 aromatic heterocycles. The van der Waals surface area contributed by atoms with E-state index in [0.717, 1.165) is 0 Å². The van der Waals surface area contributed by atoms with E-state index in [-0.39, 0.29) is 10.8 Å². The van der Waals surface area contributed by atoms with Crippen molar-refractivity contribution in [1.82, 2.24) is 10.6 Å². The number of urea groups is 1. The number of carbonyl (C=O) groups excluding carboxylic acids is 1. The molecule has 1 atom stereocenters. The van der Waals surface area contributed by atoms with Gasteiger partial charge in [0, 0.05) is 6.54 Å². The first-order chi connectivity index (χ1) is 9.00. The largest absolute Gasteiger partial charge is 0.481 e. The van der Waals surface area contributed by atoms with Crippen molar-refractivity contribution in [3.05, 3.63) is 0 Å². The Kier molecular flexibility index (Phi) is 4.31. The van der Waals surface area contributed by atoms with Crippen molar-refractivity contribution in [3.63, 3.8) is 0 Å². The summed E-state index contributed by atoms with van der Waals surface area (Å²) in [4.78, 5) is 32.9. The average molecular weight is 286 g/mol.